The van der Waals surface area contributed by atoms with Crippen molar-refractivity contribution in [3.63, 3.8) is 0 Å². The molecule has 1 heterocycles. The summed E-state index contributed by atoms with van der Waals surface area (Å²) in [6.45, 7) is 0. The summed E-state index contributed by atoms with van der Waals surface area (Å²) in [6, 6.07) is 14.2. The minimum atomic E-state index is -0.432. The molecule has 22 heavy (non-hydrogen) atoms. The molecule has 0 bridgehead atoms. The highest BCUT2D eigenvalue weighted by molar-refractivity contribution is 9.10. The van der Waals surface area contributed by atoms with Crippen LogP contribution in [0.15, 0.2) is 59.2 Å². The van der Waals surface area contributed by atoms with Crippen LogP contribution in [-0.4, -0.2) is 16.4 Å². The van der Waals surface area contributed by atoms with Gasteiger partial charge >= 0.3 is 0 Å². The number of nitrogens with one attached hydrogen (secondary N) is 1. The monoisotopic (exact) mass is 357 g/mol. The maximum absolute atomic E-state index is 12.7. The molecular formula is C16H12BrN3O2. The lowest BCUT2D eigenvalue weighted by Gasteiger charge is -2.04. The number of nitrogens with zero attached hydrogens (tertiary/aromatic N) is 1. The Morgan fingerprint density at radius 2 is 1.73 bits per heavy atom. The summed E-state index contributed by atoms with van der Waals surface area (Å²) in [5.74, 6) is 4.57. The van der Waals surface area contributed by atoms with Gasteiger partial charge in [-0.15, -0.1) is 0 Å². The van der Waals surface area contributed by atoms with E-state index in [0.717, 1.165) is 4.47 Å². The first-order chi connectivity index (χ1) is 10.6. The van der Waals surface area contributed by atoms with Crippen LogP contribution in [0.2, 0.25) is 0 Å². The molecule has 3 aromatic rings. The average molecular weight is 358 g/mol. The number of benzene rings is 2. The number of nitrogens with two attached hydrogens (primary N) is 1. The first-order valence-electron chi connectivity index (χ1n) is 6.53. The second-order valence-corrected chi connectivity index (χ2v) is 5.63. The van der Waals surface area contributed by atoms with Crippen molar-refractivity contribution in [2.45, 2.75) is 0 Å². The highest BCUT2D eigenvalue weighted by Crippen LogP contribution is 2.22. The number of rotatable bonds is 2. The van der Waals surface area contributed by atoms with Crippen LogP contribution in [-0.2, 0) is 0 Å². The molecule has 1 aromatic heterocycles. The van der Waals surface area contributed by atoms with Crippen molar-refractivity contribution in [1.82, 2.24) is 9.99 Å². The predicted molar refractivity (Wildman–Crippen MR) is 87.5 cm³/mol. The number of hydrogen-bond donors (Lipinski definition) is 2. The number of aromatic nitrogens is 1. The van der Waals surface area contributed by atoms with Crippen LogP contribution in [0.25, 0.3) is 10.9 Å². The summed E-state index contributed by atoms with van der Waals surface area (Å²) in [4.78, 5) is 24.6. The Kier molecular flexibility index (Phi) is 3.79. The molecule has 5 nitrogen and oxygen atoms in total. The molecule has 6 heteroatoms. The second-order valence-electron chi connectivity index (χ2n) is 4.72. The summed E-state index contributed by atoms with van der Waals surface area (Å²) in [6.07, 6.45) is 1.51. The van der Waals surface area contributed by atoms with Crippen LogP contribution in [0.5, 0.6) is 0 Å². The Bertz CT molecular complexity index is 869. The average Bonchev–Trinajstić information content (AvgIpc) is 2.94. The van der Waals surface area contributed by atoms with Gasteiger partial charge in [0.25, 0.3) is 11.8 Å². The number of halogens is 1. The zero-order chi connectivity index (χ0) is 15.7. The van der Waals surface area contributed by atoms with Gasteiger partial charge in [-0.25, -0.2) is 5.84 Å². The summed E-state index contributed by atoms with van der Waals surface area (Å²) in [5.41, 5.74) is 3.66. The number of carbonyl (C=O) groups is 2. The Morgan fingerprint density at radius 1 is 1.05 bits per heavy atom. The number of hydrazine groups is 1. The molecule has 0 atom stereocenters. The minimum Gasteiger partial charge on any atom is -0.290 e. The number of carbonyl (C=O) groups excluding carboxylic acids is 2. The summed E-state index contributed by atoms with van der Waals surface area (Å²) >= 11 is 3.34. The maximum Gasteiger partial charge on any atom is 0.267 e. The molecule has 0 aliphatic heterocycles. The van der Waals surface area contributed by atoms with Gasteiger partial charge in [-0.2, -0.15) is 0 Å². The van der Waals surface area contributed by atoms with Crippen LogP contribution < -0.4 is 11.3 Å². The zero-order valence-electron chi connectivity index (χ0n) is 11.4. The number of fused-ring (bicyclic) bond motifs is 1. The molecule has 0 unspecified atom stereocenters. The third-order valence-electron chi connectivity index (χ3n) is 3.40. The molecule has 0 aliphatic carbocycles. The van der Waals surface area contributed by atoms with Gasteiger partial charge in [0.1, 0.15) is 0 Å². The van der Waals surface area contributed by atoms with E-state index in [-0.39, 0.29) is 5.91 Å². The molecule has 3 rings (SSSR count). The van der Waals surface area contributed by atoms with Crippen molar-refractivity contribution in [2.24, 2.45) is 5.84 Å². The Balaban J connectivity index is 2.16. The lowest BCUT2D eigenvalue weighted by Crippen LogP contribution is -2.29. The van der Waals surface area contributed by atoms with E-state index in [0.29, 0.717) is 22.0 Å². The minimum absolute atomic E-state index is 0.209. The SMILES string of the molecule is NNC(=O)c1cn(C(=O)c2ccc(Br)cc2)c2ccccc12. The fraction of sp³-hybridized carbons (Fsp3) is 0. The molecule has 1 amide bonds. The van der Waals surface area contributed by atoms with Gasteiger partial charge in [0.2, 0.25) is 0 Å². The third kappa shape index (κ3) is 2.43. The molecule has 0 fully saturated rings. The van der Waals surface area contributed by atoms with E-state index in [1.165, 1.54) is 10.8 Å². The van der Waals surface area contributed by atoms with Gasteiger partial charge in [0.05, 0.1) is 11.1 Å². The summed E-state index contributed by atoms with van der Waals surface area (Å²) in [7, 11) is 0. The fourth-order valence-electron chi connectivity index (χ4n) is 2.34. The molecule has 3 N–H and O–H groups in total. The van der Waals surface area contributed by atoms with E-state index in [4.69, 9.17) is 5.84 Å². The molecule has 0 radical (unpaired) electrons. The number of amides is 1. The lowest BCUT2D eigenvalue weighted by molar-refractivity contribution is 0.0955. The Hall–Kier alpha value is -2.44. The standard InChI is InChI=1S/C16H12BrN3O2/c17-11-7-5-10(6-8-11)16(22)20-9-13(15(21)19-18)12-3-1-2-4-14(12)20/h1-9H,18H2,(H,19,21). The Labute approximate surface area is 134 Å². The van der Waals surface area contributed by atoms with Gasteiger partial charge in [-0.1, -0.05) is 34.1 Å². The number of nitrogen functional groups attached to an aromatic ring is 1. The molecule has 0 aliphatic rings. The van der Waals surface area contributed by atoms with E-state index in [1.54, 1.807) is 36.4 Å². The van der Waals surface area contributed by atoms with E-state index in [1.807, 2.05) is 12.1 Å². The highest BCUT2D eigenvalue weighted by atomic mass is 79.9. The van der Waals surface area contributed by atoms with Crippen molar-refractivity contribution >= 4 is 38.6 Å². The van der Waals surface area contributed by atoms with E-state index < -0.39 is 5.91 Å². The Morgan fingerprint density at radius 3 is 2.41 bits per heavy atom. The third-order valence-corrected chi connectivity index (χ3v) is 3.93. The first-order valence-corrected chi connectivity index (χ1v) is 7.32. The molecule has 0 saturated carbocycles. The van der Waals surface area contributed by atoms with E-state index >= 15 is 0 Å². The topological polar surface area (TPSA) is 77.1 Å². The maximum atomic E-state index is 12.7. The number of hydrogen-bond acceptors (Lipinski definition) is 3. The van der Waals surface area contributed by atoms with Crippen LogP contribution in [0.3, 0.4) is 0 Å². The molecule has 0 spiro atoms. The van der Waals surface area contributed by atoms with Gasteiger partial charge in [0, 0.05) is 21.6 Å². The van der Waals surface area contributed by atoms with Gasteiger partial charge in [0.15, 0.2) is 0 Å². The molecular weight excluding hydrogens is 346 g/mol. The van der Waals surface area contributed by atoms with Crippen LogP contribution in [0.1, 0.15) is 20.7 Å². The van der Waals surface area contributed by atoms with Crippen LogP contribution >= 0.6 is 15.9 Å². The lowest BCUT2D eigenvalue weighted by atomic mass is 10.1. The van der Waals surface area contributed by atoms with Crippen molar-refractivity contribution in [2.75, 3.05) is 0 Å². The van der Waals surface area contributed by atoms with Crippen molar-refractivity contribution in [3.8, 4) is 0 Å². The van der Waals surface area contributed by atoms with Crippen molar-refractivity contribution < 1.29 is 9.59 Å². The highest BCUT2D eigenvalue weighted by Gasteiger charge is 2.18. The summed E-state index contributed by atoms with van der Waals surface area (Å²) in [5, 5.41) is 0.677. The molecule has 110 valence electrons. The zero-order valence-corrected chi connectivity index (χ0v) is 13.0. The van der Waals surface area contributed by atoms with Crippen LogP contribution in [0, 0.1) is 0 Å². The van der Waals surface area contributed by atoms with Gasteiger partial charge in [-0.05, 0) is 30.3 Å². The van der Waals surface area contributed by atoms with Crippen molar-refractivity contribution in [1.29, 1.82) is 0 Å². The normalized spacial score (nSPS) is 10.6. The molecule has 2 aromatic carbocycles. The summed E-state index contributed by atoms with van der Waals surface area (Å²) < 4.78 is 2.35. The molecule has 0 saturated heterocycles. The van der Waals surface area contributed by atoms with E-state index in [9.17, 15) is 9.59 Å². The van der Waals surface area contributed by atoms with E-state index in [2.05, 4.69) is 21.4 Å². The second kappa shape index (κ2) is 5.75. The van der Waals surface area contributed by atoms with Gasteiger partial charge < -0.3 is 0 Å². The quantitative estimate of drug-likeness (QED) is 0.420. The van der Waals surface area contributed by atoms with Crippen LogP contribution in [0.4, 0.5) is 0 Å². The van der Waals surface area contributed by atoms with Gasteiger partial charge in [-0.3, -0.25) is 19.6 Å². The first kappa shape index (κ1) is 14.5. The number of para-hydroxylation sites is 1. The largest absolute Gasteiger partial charge is 0.290 e. The smallest absolute Gasteiger partial charge is 0.267 e. The fourth-order valence-corrected chi connectivity index (χ4v) is 2.60. The predicted octanol–water partition coefficient (Wildman–Crippen LogP) is 2.70. The van der Waals surface area contributed by atoms with Crippen molar-refractivity contribution in [3.05, 3.63) is 70.3 Å².